The van der Waals surface area contributed by atoms with Crippen LogP contribution in [0.3, 0.4) is 0 Å². The van der Waals surface area contributed by atoms with Crippen molar-refractivity contribution >= 4 is 46.4 Å². The molecule has 2 radical (unpaired) electrons. The van der Waals surface area contributed by atoms with E-state index in [0.29, 0.717) is 0 Å². The molecule has 0 atom stereocenters. The molecule has 0 heterocycles. The molecule has 0 amide bonds. The summed E-state index contributed by atoms with van der Waals surface area (Å²) in [5.74, 6) is 0. The van der Waals surface area contributed by atoms with Crippen molar-refractivity contribution < 1.29 is 0 Å². The third-order valence-corrected chi connectivity index (χ3v) is 0. The molecule has 0 aliphatic heterocycles. The van der Waals surface area contributed by atoms with Gasteiger partial charge in [-0.1, -0.05) is 0 Å². The molecule has 0 aromatic heterocycles. The number of hydrogen-bond donors (Lipinski definition) is 0. The minimum absolute atomic E-state index is 0. The average Bonchev–Trinajstić information content (AvgIpc) is 0.918. The van der Waals surface area contributed by atoms with Crippen molar-refractivity contribution in [1.29, 1.82) is 0 Å². The van der Waals surface area contributed by atoms with Gasteiger partial charge in [0, 0.05) is 0 Å². The molecule has 0 saturated carbocycles. The molecular formula is C2H8Sn2. The molecule has 4 heavy (non-hydrogen) atoms. The summed E-state index contributed by atoms with van der Waals surface area (Å²) < 4.78 is 1.92. The first-order chi connectivity index (χ1) is 1.41. The quantitative estimate of drug-likeness (QED) is 0.474. The fraction of sp³-hybridized carbons (Fsp3) is 0. The van der Waals surface area contributed by atoms with E-state index in [-0.39, 0.29) is 23.9 Å². The van der Waals surface area contributed by atoms with Crippen molar-refractivity contribution in [3.05, 3.63) is 10.7 Å². The maximum atomic E-state index is 3.44. The Kier molecular flexibility index (Phi) is 19.9. The molecule has 0 nitrogen and oxygen atoms in total. The van der Waals surface area contributed by atoms with Crippen LogP contribution < -0.4 is 0 Å². The van der Waals surface area contributed by atoms with E-state index in [1.807, 2.05) is 4.09 Å². The molecule has 0 bridgehead atoms. The topological polar surface area (TPSA) is 0 Å². The normalized spacial score (nSPS) is 3.25. The summed E-state index contributed by atoms with van der Waals surface area (Å²) in [6.07, 6.45) is 0. The first kappa shape index (κ1) is 9.02. The Balaban J connectivity index is 0. The molecule has 0 saturated heterocycles. The van der Waals surface area contributed by atoms with E-state index in [4.69, 9.17) is 0 Å². The summed E-state index contributed by atoms with van der Waals surface area (Å²) in [6, 6.07) is 0. The zero-order valence-electron chi connectivity index (χ0n) is 2.99. The van der Waals surface area contributed by atoms with Crippen LogP contribution in [0.2, 0.25) is 0 Å². The Morgan fingerprint density at radius 1 is 1.75 bits per heavy atom. The summed E-state index contributed by atoms with van der Waals surface area (Å²) in [5, 5.41) is 0. The monoisotopic (exact) mass is 272 g/mol. The SMILES string of the molecule is C=[CH][SnH2].[SnH3]. The Labute approximate surface area is 56.7 Å². The first-order valence-corrected chi connectivity index (χ1v) is 3.15. The molecule has 0 aliphatic carbocycles. The number of hydrogen-bond acceptors (Lipinski definition) is 0. The third kappa shape index (κ3) is 10.2. The Hall–Kier alpha value is 1.34. The first-order valence-electron chi connectivity index (χ1n) is 0.816. The molecule has 0 aromatic carbocycles. The minimum atomic E-state index is 0. The zero-order chi connectivity index (χ0) is 2.71. The van der Waals surface area contributed by atoms with Gasteiger partial charge in [0.15, 0.2) is 0 Å². The average molecular weight is 270 g/mol. The van der Waals surface area contributed by atoms with Crippen LogP contribution in [-0.4, -0.2) is 46.4 Å². The molecule has 0 fully saturated rings. The van der Waals surface area contributed by atoms with Gasteiger partial charge in [-0.15, -0.1) is 0 Å². The summed E-state index contributed by atoms with van der Waals surface area (Å²) in [7, 11) is 0. The van der Waals surface area contributed by atoms with Crippen LogP contribution in [0.15, 0.2) is 10.7 Å². The van der Waals surface area contributed by atoms with Crippen molar-refractivity contribution in [3.63, 3.8) is 0 Å². The van der Waals surface area contributed by atoms with E-state index >= 15 is 0 Å². The fourth-order valence-electron chi connectivity index (χ4n) is 0. The fourth-order valence-corrected chi connectivity index (χ4v) is 0. The van der Waals surface area contributed by atoms with Gasteiger partial charge in [0.05, 0.1) is 0 Å². The molecule has 0 rings (SSSR count). The van der Waals surface area contributed by atoms with Crippen LogP contribution in [-0.2, 0) is 0 Å². The van der Waals surface area contributed by atoms with Gasteiger partial charge in [-0.2, -0.15) is 0 Å². The van der Waals surface area contributed by atoms with Crippen LogP contribution in [0.5, 0.6) is 0 Å². The molecule has 0 aromatic rings. The molecule has 0 N–H and O–H groups in total. The second kappa shape index (κ2) is 8.84. The third-order valence-electron chi connectivity index (χ3n) is 0. The summed E-state index contributed by atoms with van der Waals surface area (Å²) in [6.45, 7) is 3.44. The van der Waals surface area contributed by atoms with Crippen molar-refractivity contribution in [2.75, 3.05) is 0 Å². The van der Waals surface area contributed by atoms with Crippen LogP contribution in [0.1, 0.15) is 0 Å². The Morgan fingerprint density at radius 2 is 1.75 bits per heavy atom. The summed E-state index contributed by atoms with van der Waals surface area (Å²) in [5.41, 5.74) is 0. The summed E-state index contributed by atoms with van der Waals surface area (Å²) >= 11 is 0.963. The van der Waals surface area contributed by atoms with E-state index < -0.39 is 0 Å². The molecule has 0 unspecified atom stereocenters. The Bertz CT molecular complexity index is 11.5. The van der Waals surface area contributed by atoms with E-state index in [2.05, 4.69) is 6.58 Å². The zero-order valence-corrected chi connectivity index (χ0v) is 12.7. The van der Waals surface area contributed by atoms with E-state index in [1.165, 1.54) is 0 Å². The molecule has 0 spiro atoms. The Morgan fingerprint density at radius 3 is 1.75 bits per heavy atom. The van der Waals surface area contributed by atoms with Crippen LogP contribution in [0.4, 0.5) is 0 Å². The van der Waals surface area contributed by atoms with Gasteiger partial charge < -0.3 is 0 Å². The van der Waals surface area contributed by atoms with Gasteiger partial charge in [-0.05, 0) is 0 Å². The van der Waals surface area contributed by atoms with Crippen LogP contribution in [0, 0.1) is 0 Å². The van der Waals surface area contributed by atoms with E-state index in [1.54, 1.807) is 0 Å². The molecule has 0 aliphatic rings. The number of rotatable bonds is 0. The second-order valence-electron chi connectivity index (χ2n) is 0.289. The van der Waals surface area contributed by atoms with Gasteiger partial charge in [0.25, 0.3) is 0 Å². The predicted octanol–water partition coefficient (Wildman–Crippen LogP) is -1.42. The molecule has 2 heteroatoms. The molecule has 24 valence electrons. The van der Waals surface area contributed by atoms with Gasteiger partial charge in [-0.3, -0.25) is 0 Å². The maximum absolute atomic E-state index is 3.44. The van der Waals surface area contributed by atoms with Crippen molar-refractivity contribution in [2.24, 2.45) is 0 Å². The van der Waals surface area contributed by atoms with Gasteiger partial charge in [0.2, 0.25) is 0 Å². The van der Waals surface area contributed by atoms with E-state index in [9.17, 15) is 0 Å². The standard InChI is InChI=1S/C2H3.2Sn.5H/c1-2;;;;;;;/h1H,2H2;;;;;;;. The van der Waals surface area contributed by atoms with Crippen LogP contribution >= 0.6 is 0 Å². The van der Waals surface area contributed by atoms with E-state index in [0.717, 1.165) is 22.5 Å². The predicted molar refractivity (Wildman–Crippen MR) is 28.7 cm³/mol. The summed E-state index contributed by atoms with van der Waals surface area (Å²) in [4.78, 5) is 0. The van der Waals surface area contributed by atoms with Gasteiger partial charge in [-0.25, -0.2) is 0 Å². The van der Waals surface area contributed by atoms with Crippen molar-refractivity contribution in [3.8, 4) is 0 Å². The van der Waals surface area contributed by atoms with Gasteiger partial charge >= 0.3 is 57.1 Å². The van der Waals surface area contributed by atoms with Gasteiger partial charge in [0.1, 0.15) is 0 Å². The molecular weight excluding hydrogens is 261 g/mol. The van der Waals surface area contributed by atoms with Crippen molar-refractivity contribution in [1.82, 2.24) is 0 Å². The van der Waals surface area contributed by atoms with Crippen molar-refractivity contribution in [2.45, 2.75) is 0 Å². The van der Waals surface area contributed by atoms with Crippen LogP contribution in [0.25, 0.3) is 0 Å². The second-order valence-corrected chi connectivity index (χ2v) is 1.94.